The highest BCUT2D eigenvalue weighted by Gasteiger charge is 2.36. The van der Waals surface area contributed by atoms with Crippen molar-refractivity contribution in [3.05, 3.63) is 97.9 Å². The zero-order valence-electron chi connectivity index (χ0n) is 31.4. The third kappa shape index (κ3) is 9.62. The molecule has 3 aromatic rings. The molecule has 17 heteroatoms. The molecule has 55 heavy (non-hydrogen) atoms. The molecular weight excluding hydrogens is 789 g/mol. The summed E-state index contributed by atoms with van der Waals surface area (Å²) in [5.41, 5.74) is 5.20. The number of amides is 3. The maximum absolute atomic E-state index is 14.2. The van der Waals surface area contributed by atoms with Gasteiger partial charge in [0.05, 0.1) is 23.5 Å². The van der Waals surface area contributed by atoms with Crippen LogP contribution in [0.25, 0.3) is 5.69 Å². The van der Waals surface area contributed by atoms with E-state index in [1.165, 1.54) is 52.9 Å². The summed E-state index contributed by atoms with van der Waals surface area (Å²) in [6.07, 6.45) is -5.41. The molecule has 13 nitrogen and oxygen atoms in total. The van der Waals surface area contributed by atoms with Crippen molar-refractivity contribution in [2.24, 2.45) is 17.6 Å². The highest BCUT2D eigenvalue weighted by atomic mass is 79.9. The lowest BCUT2D eigenvalue weighted by Crippen LogP contribution is -2.46. The topological polar surface area (TPSA) is 166 Å². The molecule has 4 rings (SSSR count). The minimum Gasteiger partial charge on any atom is -0.424 e. The Balaban J connectivity index is 1.62. The van der Waals surface area contributed by atoms with Gasteiger partial charge in [0.15, 0.2) is 0 Å². The second kappa shape index (κ2) is 17.2. The van der Waals surface area contributed by atoms with E-state index in [1.54, 1.807) is 47.6 Å². The van der Waals surface area contributed by atoms with Crippen molar-refractivity contribution in [3.63, 3.8) is 0 Å². The van der Waals surface area contributed by atoms with Crippen molar-refractivity contribution in [3.8, 4) is 5.69 Å². The van der Waals surface area contributed by atoms with Crippen molar-refractivity contribution < 1.29 is 41.8 Å². The van der Waals surface area contributed by atoms with Crippen LogP contribution in [0.3, 0.4) is 0 Å². The number of carbonyl (C=O) groups excluding carboxylic acids is 4. The summed E-state index contributed by atoms with van der Waals surface area (Å²) < 4.78 is 52.6. The number of aromatic nitrogens is 2. The summed E-state index contributed by atoms with van der Waals surface area (Å²) >= 11 is 2.90. The summed E-state index contributed by atoms with van der Waals surface area (Å²) in [5.74, 6) is -2.73. The molecule has 2 aromatic carbocycles. The molecule has 0 fully saturated rings. The number of hydrogen-bond acceptors (Lipinski definition) is 10. The summed E-state index contributed by atoms with van der Waals surface area (Å²) in [7, 11) is 1.20. The predicted molar refractivity (Wildman–Crippen MR) is 201 cm³/mol. The van der Waals surface area contributed by atoms with E-state index < -0.39 is 65.5 Å². The first kappa shape index (κ1) is 42.7. The largest absolute Gasteiger partial charge is 0.424 e. The van der Waals surface area contributed by atoms with Gasteiger partial charge in [0.1, 0.15) is 6.04 Å². The first-order chi connectivity index (χ1) is 25.7. The van der Waals surface area contributed by atoms with E-state index in [0.717, 1.165) is 11.0 Å². The third-order valence-corrected chi connectivity index (χ3v) is 9.73. The van der Waals surface area contributed by atoms with Crippen molar-refractivity contribution in [2.45, 2.75) is 85.1 Å². The molecule has 0 saturated carbocycles. The van der Waals surface area contributed by atoms with Crippen LogP contribution >= 0.6 is 15.9 Å². The molecule has 2 heterocycles. The molecule has 0 bridgehead atoms. The Kier molecular flexibility index (Phi) is 13.3. The van der Waals surface area contributed by atoms with Crippen molar-refractivity contribution in [1.82, 2.24) is 19.4 Å². The molecule has 1 aliphatic rings. The van der Waals surface area contributed by atoms with Gasteiger partial charge >= 0.3 is 18.2 Å². The van der Waals surface area contributed by atoms with E-state index >= 15 is 0 Å². The minimum atomic E-state index is -4.69. The van der Waals surface area contributed by atoms with Gasteiger partial charge in [-0.15, -0.1) is 6.58 Å². The number of imide groups is 1. The molecule has 0 saturated heterocycles. The Morgan fingerprint density at radius 2 is 1.65 bits per heavy atom. The van der Waals surface area contributed by atoms with Gasteiger partial charge in [-0.25, -0.2) is 19.2 Å². The highest BCUT2D eigenvalue weighted by molar-refractivity contribution is 9.10. The fourth-order valence-electron chi connectivity index (χ4n) is 5.54. The average Bonchev–Trinajstić information content (AvgIpc) is 3.13. The summed E-state index contributed by atoms with van der Waals surface area (Å²) in [5, 5.41) is 3.11. The second-order valence-corrected chi connectivity index (χ2v) is 14.8. The SMILES string of the molecule is C=CC(C)Nc1nc2c(c(=O)n1-c1ccc(C(=O)N(C)C(=O)OC(OC(=O)C(N)C(C)C)C(C)C)cc1)CC(C)N(C(=O)c1ccc(Br)c(C(F)(F)F)c1)C2. The number of nitrogens with one attached hydrogen (secondary N) is 1. The number of anilines is 1. The Morgan fingerprint density at radius 3 is 2.22 bits per heavy atom. The van der Waals surface area contributed by atoms with Crippen LogP contribution in [0.5, 0.6) is 0 Å². The normalized spacial score (nSPS) is 15.8. The number of ether oxygens (including phenoxy) is 2. The molecular formula is C38H44BrF3N6O7. The van der Waals surface area contributed by atoms with Crippen molar-refractivity contribution in [2.75, 3.05) is 12.4 Å². The quantitative estimate of drug-likeness (QED) is 0.127. The zero-order chi connectivity index (χ0) is 41.1. The third-order valence-electron chi connectivity index (χ3n) is 9.04. The van der Waals surface area contributed by atoms with E-state index in [4.69, 9.17) is 20.2 Å². The van der Waals surface area contributed by atoms with Gasteiger partial charge in [0, 0.05) is 46.2 Å². The standard InChI is InChI=1S/C38H44BrF3N6O7/c1-9-21(6)44-36-45-29-18-47(32(50)24-12-15-28(39)27(17-24)38(40,41)42)22(7)16-26(29)33(51)48(36)25-13-10-23(11-14-25)31(49)46(8)37(53)55-35(20(4)5)54-34(52)30(43)19(2)3/h9-15,17,19-22,30,35H,1,16,18,43H2,2-8H3,(H,44,45). The van der Waals surface area contributed by atoms with Crippen LogP contribution in [0.15, 0.2) is 64.4 Å². The van der Waals surface area contributed by atoms with Gasteiger partial charge in [0.2, 0.25) is 5.95 Å². The number of rotatable bonds is 11. The smallest absolute Gasteiger partial charge is 0.419 e. The van der Waals surface area contributed by atoms with Crippen LogP contribution in [0.1, 0.15) is 79.1 Å². The van der Waals surface area contributed by atoms with Crippen LogP contribution in [0.4, 0.5) is 23.9 Å². The number of halogens is 4. The molecule has 0 radical (unpaired) electrons. The van der Waals surface area contributed by atoms with Gasteiger partial charge < -0.3 is 25.4 Å². The van der Waals surface area contributed by atoms with Gasteiger partial charge in [-0.05, 0) is 68.7 Å². The highest BCUT2D eigenvalue weighted by Crippen LogP contribution is 2.36. The molecule has 4 unspecified atom stereocenters. The van der Waals surface area contributed by atoms with Gasteiger partial charge in [-0.1, -0.05) is 49.7 Å². The van der Waals surface area contributed by atoms with E-state index in [1.807, 2.05) is 0 Å². The molecule has 0 aliphatic carbocycles. The van der Waals surface area contributed by atoms with Crippen LogP contribution in [0, 0.1) is 11.8 Å². The lowest BCUT2D eigenvalue weighted by Gasteiger charge is -2.35. The molecule has 3 amide bonds. The fraction of sp³-hybridized carbons (Fsp3) is 0.421. The maximum atomic E-state index is 14.2. The van der Waals surface area contributed by atoms with Crippen LogP contribution < -0.4 is 16.6 Å². The fourth-order valence-corrected chi connectivity index (χ4v) is 6.01. The monoisotopic (exact) mass is 832 g/mol. The van der Waals surface area contributed by atoms with E-state index in [2.05, 4.69) is 27.8 Å². The maximum Gasteiger partial charge on any atom is 0.419 e. The van der Waals surface area contributed by atoms with E-state index in [-0.39, 0.29) is 52.2 Å². The number of esters is 1. The molecule has 1 aliphatic heterocycles. The Morgan fingerprint density at radius 1 is 1.04 bits per heavy atom. The van der Waals surface area contributed by atoms with Crippen molar-refractivity contribution >= 4 is 45.8 Å². The summed E-state index contributed by atoms with van der Waals surface area (Å²) in [4.78, 5) is 73.2. The number of nitrogens with zero attached hydrogens (tertiary/aromatic N) is 4. The van der Waals surface area contributed by atoms with Crippen molar-refractivity contribution in [1.29, 1.82) is 0 Å². The van der Waals surface area contributed by atoms with Crippen LogP contribution in [0.2, 0.25) is 0 Å². The number of benzene rings is 2. The predicted octanol–water partition coefficient (Wildman–Crippen LogP) is 6.30. The first-order valence-corrected chi connectivity index (χ1v) is 18.2. The lowest BCUT2D eigenvalue weighted by atomic mass is 9.98. The number of fused-ring (bicyclic) bond motifs is 1. The molecule has 3 N–H and O–H groups in total. The van der Waals surface area contributed by atoms with E-state index in [0.29, 0.717) is 11.3 Å². The first-order valence-electron chi connectivity index (χ1n) is 17.4. The van der Waals surface area contributed by atoms with Gasteiger partial charge in [-0.2, -0.15) is 13.2 Å². The van der Waals surface area contributed by atoms with Gasteiger partial charge in [-0.3, -0.25) is 19.2 Å². The van der Waals surface area contributed by atoms with Gasteiger partial charge in [0.25, 0.3) is 23.7 Å². The summed E-state index contributed by atoms with van der Waals surface area (Å²) in [6.45, 7) is 13.9. The molecule has 0 spiro atoms. The Labute approximate surface area is 324 Å². The molecule has 296 valence electrons. The average molecular weight is 834 g/mol. The Hall–Kier alpha value is -5.03. The summed E-state index contributed by atoms with van der Waals surface area (Å²) in [6, 6.07) is 7.17. The second-order valence-electron chi connectivity index (χ2n) is 14.0. The molecule has 1 aromatic heterocycles. The lowest BCUT2D eigenvalue weighted by molar-refractivity contribution is -0.178. The number of alkyl halides is 3. The number of carbonyl (C=O) groups is 4. The zero-order valence-corrected chi connectivity index (χ0v) is 33.0. The van der Waals surface area contributed by atoms with Crippen LogP contribution in [-0.4, -0.2) is 74.7 Å². The number of nitrogens with two attached hydrogens (primary N) is 1. The number of hydrogen-bond donors (Lipinski definition) is 2. The Bertz CT molecular complexity index is 2020. The minimum absolute atomic E-state index is 0.0619. The van der Waals surface area contributed by atoms with Crippen LogP contribution in [-0.2, 0) is 33.4 Å². The molecule has 4 atom stereocenters. The van der Waals surface area contributed by atoms with E-state index in [9.17, 15) is 37.1 Å².